The zero-order valence-electron chi connectivity index (χ0n) is 12.2. The zero-order chi connectivity index (χ0) is 13.1. The van der Waals surface area contributed by atoms with Crippen LogP contribution in [0.1, 0.15) is 47.0 Å². The lowest BCUT2D eigenvalue weighted by Crippen LogP contribution is -2.38. The SMILES string of the molecule is CC(CN)C(=O)N1CCCC(C(C)(C)C)CC1.Cl. The molecule has 108 valence electrons. The molecule has 0 saturated carbocycles. The van der Waals surface area contributed by atoms with Gasteiger partial charge in [-0.05, 0) is 30.6 Å². The minimum atomic E-state index is -0.0267. The maximum Gasteiger partial charge on any atom is 0.226 e. The van der Waals surface area contributed by atoms with Gasteiger partial charge in [-0.3, -0.25) is 4.79 Å². The molecule has 3 nitrogen and oxygen atoms in total. The highest BCUT2D eigenvalue weighted by atomic mass is 35.5. The number of rotatable bonds is 2. The third-order valence-corrected chi connectivity index (χ3v) is 4.04. The topological polar surface area (TPSA) is 46.3 Å². The highest BCUT2D eigenvalue weighted by Crippen LogP contribution is 2.34. The number of nitrogens with zero attached hydrogens (tertiary/aromatic N) is 1. The second-order valence-electron chi connectivity index (χ2n) is 6.46. The van der Waals surface area contributed by atoms with E-state index in [1.807, 2.05) is 11.8 Å². The van der Waals surface area contributed by atoms with Crippen LogP contribution in [0.25, 0.3) is 0 Å². The first-order valence-electron chi connectivity index (χ1n) is 6.85. The summed E-state index contributed by atoms with van der Waals surface area (Å²) in [5, 5.41) is 0. The van der Waals surface area contributed by atoms with Crippen molar-refractivity contribution in [1.82, 2.24) is 4.90 Å². The lowest BCUT2D eigenvalue weighted by atomic mass is 9.77. The van der Waals surface area contributed by atoms with Gasteiger partial charge in [0.25, 0.3) is 0 Å². The van der Waals surface area contributed by atoms with Crippen LogP contribution in [0.2, 0.25) is 0 Å². The van der Waals surface area contributed by atoms with Gasteiger partial charge in [-0.25, -0.2) is 0 Å². The van der Waals surface area contributed by atoms with Crippen LogP contribution in [0.4, 0.5) is 0 Å². The molecule has 0 aromatic rings. The summed E-state index contributed by atoms with van der Waals surface area (Å²) in [6, 6.07) is 0. The molecule has 1 amide bonds. The van der Waals surface area contributed by atoms with Crippen molar-refractivity contribution >= 4 is 18.3 Å². The summed E-state index contributed by atoms with van der Waals surface area (Å²) in [5.74, 6) is 0.941. The highest BCUT2D eigenvalue weighted by molar-refractivity contribution is 5.85. The van der Waals surface area contributed by atoms with Crippen molar-refractivity contribution < 1.29 is 4.79 Å². The first-order valence-corrected chi connectivity index (χ1v) is 6.85. The molecule has 0 aromatic carbocycles. The molecule has 1 saturated heterocycles. The molecule has 1 fully saturated rings. The van der Waals surface area contributed by atoms with Crippen molar-refractivity contribution in [3.63, 3.8) is 0 Å². The Bertz CT molecular complexity index is 263. The summed E-state index contributed by atoms with van der Waals surface area (Å²) in [5.41, 5.74) is 5.93. The van der Waals surface area contributed by atoms with Crippen molar-refractivity contribution in [2.75, 3.05) is 19.6 Å². The lowest BCUT2D eigenvalue weighted by Gasteiger charge is -2.30. The summed E-state index contributed by atoms with van der Waals surface area (Å²) in [6.07, 6.45) is 3.50. The van der Waals surface area contributed by atoms with E-state index in [2.05, 4.69) is 20.8 Å². The minimum Gasteiger partial charge on any atom is -0.342 e. The van der Waals surface area contributed by atoms with Gasteiger partial charge in [-0.2, -0.15) is 0 Å². The van der Waals surface area contributed by atoms with Crippen molar-refractivity contribution in [2.24, 2.45) is 23.0 Å². The molecular weight excluding hydrogens is 248 g/mol. The summed E-state index contributed by atoms with van der Waals surface area (Å²) in [6.45, 7) is 11.1. The molecule has 0 spiro atoms. The number of amides is 1. The van der Waals surface area contributed by atoms with E-state index in [0.717, 1.165) is 31.8 Å². The van der Waals surface area contributed by atoms with E-state index in [1.165, 1.54) is 6.42 Å². The Labute approximate surface area is 118 Å². The third kappa shape index (κ3) is 4.77. The Hall–Kier alpha value is -0.280. The Morgan fingerprint density at radius 1 is 1.33 bits per heavy atom. The van der Waals surface area contributed by atoms with Gasteiger partial charge in [0, 0.05) is 25.6 Å². The quantitative estimate of drug-likeness (QED) is 0.843. The molecule has 0 radical (unpaired) electrons. The van der Waals surface area contributed by atoms with E-state index >= 15 is 0 Å². The van der Waals surface area contributed by atoms with Crippen LogP contribution >= 0.6 is 12.4 Å². The van der Waals surface area contributed by atoms with Crippen molar-refractivity contribution in [3.8, 4) is 0 Å². The van der Waals surface area contributed by atoms with E-state index in [-0.39, 0.29) is 24.2 Å². The van der Waals surface area contributed by atoms with E-state index < -0.39 is 0 Å². The van der Waals surface area contributed by atoms with E-state index in [0.29, 0.717) is 12.0 Å². The number of nitrogens with two attached hydrogens (primary N) is 1. The van der Waals surface area contributed by atoms with Gasteiger partial charge < -0.3 is 10.6 Å². The molecule has 0 bridgehead atoms. The van der Waals surface area contributed by atoms with E-state index in [4.69, 9.17) is 5.73 Å². The standard InChI is InChI=1S/C14H28N2O.ClH/c1-11(10-15)13(17)16-8-5-6-12(7-9-16)14(2,3)4;/h11-12H,5-10,15H2,1-4H3;1H. The first-order chi connectivity index (χ1) is 7.86. The maximum atomic E-state index is 12.1. The Morgan fingerprint density at radius 2 is 1.94 bits per heavy atom. The van der Waals surface area contributed by atoms with Crippen LogP contribution in [0.15, 0.2) is 0 Å². The summed E-state index contributed by atoms with van der Waals surface area (Å²) >= 11 is 0. The monoisotopic (exact) mass is 276 g/mol. The molecule has 0 aliphatic carbocycles. The van der Waals surface area contributed by atoms with Crippen LogP contribution in [-0.4, -0.2) is 30.4 Å². The number of carbonyl (C=O) groups is 1. The summed E-state index contributed by atoms with van der Waals surface area (Å²) < 4.78 is 0. The molecule has 2 unspecified atom stereocenters. The minimum absolute atomic E-state index is 0. The van der Waals surface area contributed by atoms with Gasteiger partial charge >= 0.3 is 0 Å². The van der Waals surface area contributed by atoms with Crippen LogP contribution in [0.5, 0.6) is 0 Å². The van der Waals surface area contributed by atoms with Crippen molar-refractivity contribution in [1.29, 1.82) is 0 Å². The second kappa shape index (κ2) is 7.34. The van der Waals surface area contributed by atoms with Gasteiger partial charge in [0.2, 0.25) is 5.91 Å². The van der Waals surface area contributed by atoms with Gasteiger partial charge in [0.1, 0.15) is 0 Å². The van der Waals surface area contributed by atoms with Crippen molar-refractivity contribution in [3.05, 3.63) is 0 Å². The Morgan fingerprint density at radius 3 is 2.44 bits per heavy atom. The fourth-order valence-corrected chi connectivity index (χ4v) is 2.60. The van der Waals surface area contributed by atoms with E-state index in [1.54, 1.807) is 0 Å². The molecule has 1 heterocycles. The van der Waals surface area contributed by atoms with E-state index in [9.17, 15) is 4.79 Å². The molecule has 1 aliphatic heterocycles. The van der Waals surface area contributed by atoms with Crippen LogP contribution in [0.3, 0.4) is 0 Å². The summed E-state index contributed by atoms with van der Waals surface area (Å²) in [4.78, 5) is 14.1. The predicted octanol–water partition coefficient (Wildman–Crippen LogP) is 2.68. The fraction of sp³-hybridized carbons (Fsp3) is 0.929. The average molecular weight is 277 g/mol. The van der Waals surface area contributed by atoms with Crippen LogP contribution in [-0.2, 0) is 4.79 Å². The number of likely N-dealkylation sites (tertiary alicyclic amines) is 1. The normalized spacial score (nSPS) is 22.9. The number of halogens is 1. The molecule has 4 heteroatoms. The molecule has 2 atom stereocenters. The number of carbonyl (C=O) groups excluding carboxylic acids is 1. The first kappa shape index (κ1) is 17.7. The predicted molar refractivity (Wildman–Crippen MR) is 78.8 cm³/mol. The summed E-state index contributed by atoms with van der Waals surface area (Å²) in [7, 11) is 0. The average Bonchev–Trinajstić information content (AvgIpc) is 2.51. The second-order valence-corrected chi connectivity index (χ2v) is 6.46. The third-order valence-electron chi connectivity index (χ3n) is 4.04. The van der Waals surface area contributed by atoms with Crippen LogP contribution < -0.4 is 5.73 Å². The maximum absolute atomic E-state index is 12.1. The fourth-order valence-electron chi connectivity index (χ4n) is 2.60. The largest absolute Gasteiger partial charge is 0.342 e. The van der Waals surface area contributed by atoms with Gasteiger partial charge in [0.15, 0.2) is 0 Å². The zero-order valence-corrected chi connectivity index (χ0v) is 13.1. The molecule has 1 aliphatic rings. The van der Waals surface area contributed by atoms with Gasteiger partial charge in [-0.15, -0.1) is 12.4 Å². The lowest BCUT2D eigenvalue weighted by molar-refractivity contribution is -0.134. The number of hydrogen-bond acceptors (Lipinski definition) is 2. The highest BCUT2D eigenvalue weighted by Gasteiger charge is 2.29. The van der Waals surface area contributed by atoms with Gasteiger partial charge in [-0.1, -0.05) is 27.7 Å². The Kier molecular flexibility index (Phi) is 7.23. The molecule has 18 heavy (non-hydrogen) atoms. The van der Waals surface area contributed by atoms with Crippen molar-refractivity contribution in [2.45, 2.75) is 47.0 Å². The van der Waals surface area contributed by atoms with Gasteiger partial charge in [0.05, 0.1) is 0 Å². The smallest absolute Gasteiger partial charge is 0.226 e. The molecule has 0 aromatic heterocycles. The molecular formula is C14H29ClN2O. The number of hydrogen-bond donors (Lipinski definition) is 1. The molecule has 1 rings (SSSR count). The van der Waals surface area contributed by atoms with Crippen LogP contribution in [0, 0.1) is 17.3 Å². The molecule has 2 N–H and O–H groups in total. The Balaban J connectivity index is 0.00000289.